The summed E-state index contributed by atoms with van der Waals surface area (Å²) in [5.41, 5.74) is -0.331. The highest BCUT2D eigenvalue weighted by atomic mass is 19.1. The normalized spacial score (nSPS) is 11.9. The summed E-state index contributed by atoms with van der Waals surface area (Å²) < 4.78 is 18.2. The van der Waals surface area contributed by atoms with Gasteiger partial charge in [0, 0.05) is 18.2 Å². The van der Waals surface area contributed by atoms with Crippen LogP contribution in [0.3, 0.4) is 0 Å². The zero-order chi connectivity index (χ0) is 14.4. The number of rotatable bonds is 6. The van der Waals surface area contributed by atoms with Crippen molar-refractivity contribution in [2.75, 3.05) is 6.61 Å². The molecule has 1 rings (SSSR count). The number of nitro benzene ring substituents is 1. The van der Waals surface area contributed by atoms with E-state index in [0.717, 1.165) is 18.2 Å². The second kappa shape index (κ2) is 6.66. The molecule has 0 aromatic heterocycles. The Morgan fingerprint density at radius 2 is 2.26 bits per heavy atom. The van der Waals surface area contributed by atoms with Crippen molar-refractivity contribution in [3.63, 3.8) is 0 Å². The zero-order valence-corrected chi connectivity index (χ0v) is 10.6. The Morgan fingerprint density at radius 1 is 1.58 bits per heavy atom. The molecule has 1 N–H and O–H groups in total. The van der Waals surface area contributed by atoms with E-state index in [1.165, 1.54) is 0 Å². The summed E-state index contributed by atoms with van der Waals surface area (Å²) in [7, 11) is 0. The van der Waals surface area contributed by atoms with Gasteiger partial charge in [-0.1, -0.05) is 0 Å². The Kier molecular flexibility index (Phi) is 5.21. The van der Waals surface area contributed by atoms with E-state index in [0.29, 0.717) is 0 Å². The van der Waals surface area contributed by atoms with Gasteiger partial charge in [0.1, 0.15) is 18.5 Å². The van der Waals surface area contributed by atoms with Gasteiger partial charge in [-0.3, -0.25) is 15.4 Å². The van der Waals surface area contributed by atoms with Gasteiger partial charge >= 0.3 is 5.69 Å². The van der Waals surface area contributed by atoms with E-state index in [2.05, 4.69) is 5.32 Å². The first-order valence-electron chi connectivity index (χ1n) is 5.66. The van der Waals surface area contributed by atoms with E-state index < -0.39 is 16.8 Å². The van der Waals surface area contributed by atoms with Crippen LogP contribution in [0.2, 0.25) is 0 Å². The second-order valence-electron chi connectivity index (χ2n) is 4.18. The number of benzene rings is 1. The molecule has 1 aromatic rings. The zero-order valence-electron chi connectivity index (χ0n) is 10.6. The lowest BCUT2D eigenvalue weighted by atomic mass is 10.2. The van der Waals surface area contributed by atoms with E-state index in [-0.39, 0.29) is 24.1 Å². The molecule has 1 aromatic carbocycles. The number of nitriles is 1. The Morgan fingerprint density at radius 3 is 2.79 bits per heavy atom. The fraction of sp³-hybridized carbons (Fsp3) is 0.417. The maximum absolute atomic E-state index is 13.0. The average molecular weight is 267 g/mol. The van der Waals surface area contributed by atoms with Gasteiger partial charge in [0.05, 0.1) is 11.0 Å². The van der Waals surface area contributed by atoms with Crippen LogP contribution in [-0.2, 0) is 0 Å². The van der Waals surface area contributed by atoms with Crippen LogP contribution in [0.5, 0.6) is 5.75 Å². The summed E-state index contributed by atoms with van der Waals surface area (Å²) in [6.45, 7) is 3.61. The Hall–Kier alpha value is -2.20. The molecule has 0 aliphatic heterocycles. The van der Waals surface area contributed by atoms with Crippen molar-refractivity contribution in [3.8, 4) is 11.8 Å². The van der Waals surface area contributed by atoms with Crippen molar-refractivity contribution in [3.05, 3.63) is 34.1 Å². The van der Waals surface area contributed by atoms with Gasteiger partial charge in [-0.15, -0.1) is 0 Å². The number of nitrogens with one attached hydrogen (secondary N) is 1. The van der Waals surface area contributed by atoms with Crippen molar-refractivity contribution in [2.24, 2.45) is 0 Å². The SMILES string of the molecule is CC(C)NC(C#N)COc1cc(F)ccc1[N+](=O)[O-]. The molecular formula is C12H14FN3O3. The molecule has 0 spiro atoms. The molecule has 0 aliphatic carbocycles. The third-order valence-corrected chi connectivity index (χ3v) is 2.21. The molecule has 0 saturated carbocycles. The molecule has 6 nitrogen and oxygen atoms in total. The lowest BCUT2D eigenvalue weighted by Gasteiger charge is -2.15. The van der Waals surface area contributed by atoms with Gasteiger partial charge in [0.15, 0.2) is 5.75 Å². The number of ether oxygens (including phenoxy) is 1. The quantitative estimate of drug-likeness (QED) is 0.629. The van der Waals surface area contributed by atoms with Crippen LogP contribution in [0.25, 0.3) is 0 Å². The largest absolute Gasteiger partial charge is 0.484 e. The van der Waals surface area contributed by atoms with Crippen LogP contribution in [-0.4, -0.2) is 23.6 Å². The molecule has 19 heavy (non-hydrogen) atoms. The number of halogens is 1. The molecule has 0 bridgehead atoms. The Bertz CT molecular complexity index is 499. The number of hydrogen-bond acceptors (Lipinski definition) is 5. The second-order valence-corrected chi connectivity index (χ2v) is 4.18. The summed E-state index contributed by atoms with van der Waals surface area (Å²) in [4.78, 5) is 10.1. The van der Waals surface area contributed by atoms with Gasteiger partial charge in [-0.2, -0.15) is 5.26 Å². The first kappa shape index (κ1) is 14.9. The van der Waals surface area contributed by atoms with Gasteiger partial charge in [0.25, 0.3) is 0 Å². The minimum absolute atomic E-state index is 0.0655. The number of nitro groups is 1. The summed E-state index contributed by atoms with van der Waals surface area (Å²) in [6.07, 6.45) is 0. The molecule has 0 aliphatic rings. The van der Waals surface area contributed by atoms with Crippen molar-refractivity contribution in [1.29, 1.82) is 5.26 Å². The van der Waals surface area contributed by atoms with Gasteiger partial charge in [-0.05, 0) is 19.9 Å². The van der Waals surface area contributed by atoms with E-state index in [1.54, 1.807) is 0 Å². The van der Waals surface area contributed by atoms with Gasteiger partial charge in [0.2, 0.25) is 0 Å². The molecule has 0 heterocycles. The third kappa shape index (κ3) is 4.52. The van der Waals surface area contributed by atoms with Crippen LogP contribution >= 0.6 is 0 Å². The molecule has 102 valence electrons. The molecule has 7 heteroatoms. The van der Waals surface area contributed by atoms with Crippen molar-refractivity contribution < 1.29 is 14.1 Å². The van der Waals surface area contributed by atoms with E-state index in [1.807, 2.05) is 19.9 Å². The molecular weight excluding hydrogens is 253 g/mol. The minimum Gasteiger partial charge on any atom is -0.484 e. The van der Waals surface area contributed by atoms with Crippen molar-refractivity contribution in [1.82, 2.24) is 5.32 Å². The molecule has 0 saturated heterocycles. The Labute approximate surface area is 109 Å². The molecule has 0 amide bonds. The molecule has 1 unspecified atom stereocenters. The van der Waals surface area contributed by atoms with Crippen LogP contribution in [0.4, 0.5) is 10.1 Å². The van der Waals surface area contributed by atoms with Crippen LogP contribution in [0.1, 0.15) is 13.8 Å². The number of hydrogen-bond donors (Lipinski definition) is 1. The van der Waals surface area contributed by atoms with E-state index >= 15 is 0 Å². The van der Waals surface area contributed by atoms with Crippen LogP contribution in [0, 0.1) is 27.3 Å². The lowest BCUT2D eigenvalue weighted by Crippen LogP contribution is -2.38. The summed E-state index contributed by atoms with van der Waals surface area (Å²) in [5.74, 6) is -0.818. The van der Waals surface area contributed by atoms with Crippen molar-refractivity contribution >= 4 is 5.69 Å². The lowest BCUT2D eigenvalue weighted by molar-refractivity contribution is -0.385. The van der Waals surface area contributed by atoms with E-state index in [9.17, 15) is 14.5 Å². The minimum atomic E-state index is -0.661. The van der Waals surface area contributed by atoms with Gasteiger partial charge < -0.3 is 4.74 Å². The highest BCUT2D eigenvalue weighted by molar-refractivity contribution is 5.46. The summed E-state index contributed by atoms with van der Waals surface area (Å²) in [6, 6.07) is 4.36. The number of nitrogens with zero attached hydrogens (tertiary/aromatic N) is 2. The fourth-order valence-corrected chi connectivity index (χ4v) is 1.45. The monoisotopic (exact) mass is 267 g/mol. The topological polar surface area (TPSA) is 88.2 Å². The third-order valence-electron chi connectivity index (χ3n) is 2.21. The van der Waals surface area contributed by atoms with E-state index in [4.69, 9.17) is 10.00 Å². The molecule has 1 atom stereocenters. The average Bonchev–Trinajstić information content (AvgIpc) is 2.33. The standard InChI is InChI=1S/C12H14FN3O3/c1-8(2)15-10(6-14)7-19-12-5-9(13)3-4-11(12)16(17)18/h3-5,8,10,15H,7H2,1-2H3. The maximum Gasteiger partial charge on any atom is 0.311 e. The van der Waals surface area contributed by atoms with Crippen molar-refractivity contribution in [2.45, 2.75) is 25.9 Å². The van der Waals surface area contributed by atoms with Gasteiger partial charge in [-0.25, -0.2) is 4.39 Å². The highest BCUT2D eigenvalue weighted by Crippen LogP contribution is 2.27. The predicted octanol–water partition coefficient (Wildman–Crippen LogP) is 2.00. The molecule has 0 fully saturated rings. The first-order valence-corrected chi connectivity index (χ1v) is 5.66. The predicted molar refractivity (Wildman–Crippen MR) is 66.2 cm³/mol. The summed E-state index contributed by atoms with van der Waals surface area (Å²) >= 11 is 0. The smallest absolute Gasteiger partial charge is 0.311 e. The molecule has 0 radical (unpaired) electrons. The summed E-state index contributed by atoms with van der Waals surface area (Å²) in [5, 5.41) is 22.5. The fourth-order valence-electron chi connectivity index (χ4n) is 1.45. The van der Waals surface area contributed by atoms with Crippen LogP contribution < -0.4 is 10.1 Å². The van der Waals surface area contributed by atoms with Crippen LogP contribution in [0.15, 0.2) is 18.2 Å². The first-order chi connectivity index (χ1) is 8.93. The highest BCUT2D eigenvalue weighted by Gasteiger charge is 2.18. The Balaban J connectivity index is 2.79. The maximum atomic E-state index is 13.0.